The number of nitrogens with zero attached hydrogens (tertiary/aromatic N) is 1. The Bertz CT molecular complexity index is 132. The zero-order valence-electron chi connectivity index (χ0n) is 7.35. The highest BCUT2D eigenvalue weighted by molar-refractivity contribution is 5.85. The fraction of sp³-hybridized carbons (Fsp3) is 0.875. The summed E-state index contributed by atoms with van der Waals surface area (Å²) >= 11 is 0. The number of rotatable bonds is 2. The maximum absolute atomic E-state index is 4.21. The van der Waals surface area contributed by atoms with E-state index in [1.165, 1.54) is 18.6 Å². The van der Waals surface area contributed by atoms with Crippen molar-refractivity contribution in [2.24, 2.45) is 4.99 Å². The van der Waals surface area contributed by atoms with Crippen molar-refractivity contribution in [2.45, 2.75) is 31.7 Å². The summed E-state index contributed by atoms with van der Waals surface area (Å²) in [4.78, 5) is 4.21. The summed E-state index contributed by atoms with van der Waals surface area (Å²) < 4.78 is 0. The van der Waals surface area contributed by atoms with Gasteiger partial charge in [0.05, 0.1) is 0 Å². The molecule has 1 aliphatic carbocycles. The monoisotopic (exact) mass is 155 g/mol. The molecule has 0 heterocycles. The van der Waals surface area contributed by atoms with Gasteiger partial charge in [-0.2, -0.15) is 0 Å². The first kappa shape index (κ1) is 8.68. The van der Waals surface area contributed by atoms with Gasteiger partial charge in [-0.05, 0) is 32.7 Å². The van der Waals surface area contributed by atoms with Gasteiger partial charge in [-0.25, -0.2) is 0 Å². The molecule has 3 nitrogen and oxygen atoms in total. The minimum Gasteiger partial charge on any atom is -0.297 e. The summed E-state index contributed by atoms with van der Waals surface area (Å²) in [5, 5.41) is 0. The van der Waals surface area contributed by atoms with E-state index in [2.05, 4.69) is 15.8 Å². The minimum atomic E-state index is 0.644. The van der Waals surface area contributed by atoms with Crippen LogP contribution in [0.2, 0.25) is 0 Å². The van der Waals surface area contributed by atoms with Gasteiger partial charge in [-0.15, -0.1) is 0 Å². The molecule has 0 radical (unpaired) electrons. The molecule has 11 heavy (non-hydrogen) atoms. The van der Waals surface area contributed by atoms with Crippen molar-refractivity contribution in [1.29, 1.82) is 0 Å². The van der Waals surface area contributed by atoms with Crippen molar-refractivity contribution in [1.82, 2.24) is 10.9 Å². The molecule has 1 saturated carbocycles. The van der Waals surface area contributed by atoms with Crippen LogP contribution >= 0.6 is 0 Å². The Morgan fingerprint density at radius 1 is 1.36 bits per heavy atom. The number of hydrazine groups is 1. The predicted molar refractivity (Wildman–Crippen MR) is 47.8 cm³/mol. The maximum Gasteiger partial charge on any atom is 0.0276 e. The van der Waals surface area contributed by atoms with Crippen LogP contribution in [0, 0.1) is 0 Å². The molecule has 64 valence electrons. The van der Waals surface area contributed by atoms with E-state index in [1.807, 2.05) is 14.1 Å². The highest BCUT2D eigenvalue weighted by Gasteiger charge is 2.15. The first-order valence-electron chi connectivity index (χ1n) is 4.23. The number of hydrogen-bond donors (Lipinski definition) is 2. The Morgan fingerprint density at radius 3 is 2.45 bits per heavy atom. The van der Waals surface area contributed by atoms with Gasteiger partial charge in [-0.3, -0.25) is 15.8 Å². The van der Waals surface area contributed by atoms with E-state index in [4.69, 9.17) is 0 Å². The standard InChI is InChI=1S/C8H17N3/c1-9-7-3-5-8(6-4-7)11-10-2/h8,10-11H,3-6H2,1-2H3. The number of hydrogen-bond acceptors (Lipinski definition) is 3. The Morgan fingerprint density at radius 2 is 2.00 bits per heavy atom. The summed E-state index contributed by atoms with van der Waals surface area (Å²) in [6.07, 6.45) is 4.76. The van der Waals surface area contributed by atoms with E-state index >= 15 is 0 Å². The SMILES string of the molecule is CN=C1CCC(NNC)CC1. The largest absolute Gasteiger partial charge is 0.297 e. The van der Waals surface area contributed by atoms with Gasteiger partial charge < -0.3 is 0 Å². The summed E-state index contributed by atoms with van der Waals surface area (Å²) in [5.41, 5.74) is 7.58. The van der Waals surface area contributed by atoms with E-state index in [-0.39, 0.29) is 0 Å². The van der Waals surface area contributed by atoms with Crippen LogP contribution in [-0.2, 0) is 0 Å². The van der Waals surface area contributed by atoms with Gasteiger partial charge in [0.15, 0.2) is 0 Å². The van der Waals surface area contributed by atoms with Crippen LogP contribution in [0.25, 0.3) is 0 Å². The second-order valence-electron chi connectivity index (χ2n) is 2.96. The van der Waals surface area contributed by atoms with Crippen molar-refractivity contribution in [3.63, 3.8) is 0 Å². The average Bonchev–Trinajstić information content (AvgIpc) is 2.07. The molecule has 0 saturated heterocycles. The van der Waals surface area contributed by atoms with Crippen LogP contribution in [0.3, 0.4) is 0 Å². The van der Waals surface area contributed by atoms with Crippen molar-refractivity contribution in [3.05, 3.63) is 0 Å². The molecule has 0 bridgehead atoms. The Labute approximate surface area is 68.3 Å². The predicted octanol–water partition coefficient (Wildman–Crippen LogP) is 0.724. The molecule has 2 N–H and O–H groups in total. The highest BCUT2D eigenvalue weighted by Crippen LogP contribution is 2.15. The van der Waals surface area contributed by atoms with Gasteiger partial charge in [-0.1, -0.05) is 0 Å². The van der Waals surface area contributed by atoms with Crippen LogP contribution in [0.1, 0.15) is 25.7 Å². The topological polar surface area (TPSA) is 36.4 Å². The molecule has 0 aromatic heterocycles. The molecule has 0 aliphatic heterocycles. The van der Waals surface area contributed by atoms with E-state index in [0.717, 1.165) is 12.8 Å². The van der Waals surface area contributed by atoms with Crippen molar-refractivity contribution < 1.29 is 0 Å². The lowest BCUT2D eigenvalue weighted by molar-refractivity contribution is 0.407. The fourth-order valence-corrected chi connectivity index (χ4v) is 1.52. The zero-order chi connectivity index (χ0) is 8.10. The maximum atomic E-state index is 4.21. The molecule has 1 fully saturated rings. The molecular formula is C8H17N3. The van der Waals surface area contributed by atoms with Gasteiger partial charge in [0.1, 0.15) is 0 Å². The lowest BCUT2D eigenvalue weighted by atomic mass is 9.94. The summed E-state index contributed by atoms with van der Waals surface area (Å²) in [6.45, 7) is 0. The van der Waals surface area contributed by atoms with Gasteiger partial charge in [0, 0.05) is 18.8 Å². The second-order valence-corrected chi connectivity index (χ2v) is 2.96. The molecule has 0 aromatic carbocycles. The van der Waals surface area contributed by atoms with Crippen molar-refractivity contribution in [3.8, 4) is 0 Å². The summed E-state index contributed by atoms with van der Waals surface area (Å²) in [6, 6.07) is 0.644. The summed E-state index contributed by atoms with van der Waals surface area (Å²) in [7, 11) is 3.81. The van der Waals surface area contributed by atoms with Crippen molar-refractivity contribution in [2.75, 3.05) is 14.1 Å². The second kappa shape index (κ2) is 4.46. The molecule has 1 rings (SSSR count). The minimum absolute atomic E-state index is 0.644. The molecule has 1 aliphatic rings. The molecule has 0 unspecified atom stereocenters. The van der Waals surface area contributed by atoms with E-state index < -0.39 is 0 Å². The fourth-order valence-electron chi connectivity index (χ4n) is 1.52. The first-order chi connectivity index (χ1) is 5.36. The molecule has 0 amide bonds. The third-order valence-electron chi connectivity index (χ3n) is 2.23. The zero-order valence-corrected chi connectivity index (χ0v) is 7.35. The average molecular weight is 155 g/mol. The highest BCUT2D eigenvalue weighted by atomic mass is 15.3. The van der Waals surface area contributed by atoms with Gasteiger partial charge in [0.25, 0.3) is 0 Å². The van der Waals surface area contributed by atoms with Gasteiger partial charge >= 0.3 is 0 Å². The summed E-state index contributed by atoms with van der Waals surface area (Å²) in [5.74, 6) is 0. The van der Waals surface area contributed by atoms with E-state index in [9.17, 15) is 0 Å². The van der Waals surface area contributed by atoms with Crippen LogP contribution in [-0.4, -0.2) is 25.8 Å². The molecular weight excluding hydrogens is 138 g/mol. The molecule has 0 aromatic rings. The Hall–Kier alpha value is -0.410. The van der Waals surface area contributed by atoms with Crippen molar-refractivity contribution >= 4 is 5.71 Å². The number of aliphatic imine (C=N–C) groups is 1. The first-order valence-corrected chi connectivity index (χ1v) is 4.23. The van der Waals surface area contributed by atoms with Gasteiger partial charge in [0.2, 0.25) is 0 Å². The smallest absolute Gasteiger partial charge is 0.0276 e. The normalized spacial score (nSPS) is 25.3. The third-order valence-corrected chi connectivity index (χ3v) is 2.23. The Kier molecular flexibility index (Phi) is 3.52. The number of nitrogens with one attached hydrogen (secondary N) is 2. The van der Waals surface area contributed by atoms with E-state index in [0.29, 0.717) is 6.04 Å². The lowest BCUT2D eigenvalue weighted by Gasteiger charge is -2.23. The molecule has 0 atom stereocenters. The van der Waals surface area contributed by atoms with Crippen LogP contribution in [0.4, 0.5) is 0 Å². The van der Waals surface area contributed by atoms with Crippen LogP contribution in [0.15, 0.2) is 4.99 Å². The quantitative estimate of drug-likeness (QED) is 0.577. The third kappa shape index (κ3) is 2.60. The lowest BCUT2D eigenvalue weighted by Crippen LogP contribution is -2.40. The Balaban J connectivity index is 2.24. The molecule has 3 heteroatoms. The van der Waals surface area contributed by atoms with Crippen LogP contribution in [0.5, 0.6) is 0 Å². The van der Waals surface area contributed by atoms with E-state index in [1.54, 1.807) is 0 Å². The molecule has 0 spiro atoms. The van der Waals surface area contributed by atoms with Crippen LogP contribution < -0.4 is 10.9 Å².